The van der Waals surface area contributed by atoms with E-state index in [2.05, 4.69) is 24.1 Å². The summed E-state index contributed by atoms with van der Waals surface area (Å²) in [7, 11) is 1.64. The Bertz CT molecular complexity index is 332. The zero-order valence-corrected chi connectivity index (χ0v) is 17.2. The summed E-state index contributed by atoms with van der Waals surface area (Å²) >= 11 is 0. The minimum absolute atomic E-state index is 0.320. The Morgan fingerprint density at radius 3 is 2.36 bits per heavy atom. The van der Waals surface area contributed by atoms with Gasteiger partial charge in [0.05, 0.1) is 6.61 Å². The molecule has 0 heterocycles. The normalized spacial score (nSPS) is 13.1. The van der Waals surface area contributed by atoms with Crippen LogP contribution < -0.4 is 5.32 Å². The Labute approximate surface area is 154 Å². The van der Waals surface area contributed by atoms with Crippen LogP contribution in [-0.4, -0.2) is 62.8 Å². The van der Waals surface area contributed by atoms with Crippen LogP contribution in [0.15, 0.2) is 0 Å². The van der Waals surface area contributed by atoms with E-state index in [-0.39, 0.29) is 6.09 Å². The van der Waals surface area contributed by atoms with Gasteiger partial charge in [-0.1, -0.05) is 33.1 Å². The molecule has 0 fully saturated rings. The highest BCUT2D eigenvalue weighted by atomic mass is 16.7. The Morgan fingerprint density at radius 1 is 1.12 bits per heavy atom. The lowest BCUT2D eigenvalue weighted by Gasteiger charge is -2.32. The largest absolute Gasteiger partial charge is 0.444 e. The molecule has 1 N–H and O–H groups in total. The minimum Gasteiger partial charge on any atom is -0.444 e. The third-order valence-corrected chi connectivity index (χ3v) is 3.78. The Kier molecular flexibility index (Phi) is 13.8. The van der Waals surface area contributed by atoms with Crippen LogP contribution in [0.2, 0.25) is 0 Å². The highest BCUT2D eigenvalue weighted by Crippen LogP contribution is 2.11. The van der Waals surface area contributed by atoms with E-state index < -0.39 is 5.60 Å². The first-order valence-electron chi connectivity index (χ1n) is 9.61. The standard InChI is InChI=1S/C19H40N2O4/c1-7-9-11-17(15-24-16-23-6)21(13-10-8-2)14-12-20-18(22)25-19(3,4)5/h17H,7-16H2,1-6H3,(H,20,22)/t17-/m0/s1. The number of alkyl carbamates (subject to hydrolysis) is 1. The van der Waals surface area contributed by atoms with Gasteiger partial charge in [-0.15, -0.1) is 0 Å². The van der Waals surface area contributed by atoms with Crippen LogP contribution in [0.25, 0.3) is 0 Å². The number of unbranched alkanes of at least 4 members (excludes halogenated alkanes) is 2. The minimum atomic E-state index is -0.469. The van der Waals surface area contributed by atoms with Gasteiger partial charge >= 0.3 is 6.09 Å². The van der Waals surface area contributed by atoms with Crippen molar-refractivity contribution in [2.75, 3.05) is 40.1 Å². The maximum absolute atomic E-state index is 11.8. The molecular formula is C19H40N2O4. The lowest BCUT2D eigenvalue weighted by molar-refractivity contribution is -0.0531. The number of hydrogen-bond donors (Lipinski definition) is 1. The third kappa shape index (κ3) is 14.0. The van der Waals surface area contributed by atoms with Crippen molar-refractivity contribution in [1.82, 2.24) is 10.2 Å². The lowest BCUT2D eigenvalue weighted by Crippen LogP contribution is -2.44. The molecule has 1 amide bonds. The molecule has 0 saturated heterocycles. The third-order valence-electron chi connectivity index (χ3n) is 3.78. The molecule has 6 nitrogen and oxygen atoms in total. The van der Waals surface area contributed by atoms with Crippen molar-refractivity contribution in [3.8, 4) is 0 Å². The van der Waals surface area contributed by atoms with Crippen LogP contribution in [-0.2, 0) is 14.2 Å². The van der Waals surface area contributed by atoms with Crippen molar-refractivity contribution in [3.63, 3.8) is 0 Å². The van der Waals surface area contributed by atoms with Gasteiger partial charge in [-0.3, -0.25) is 4.90 Å². The second-order valence-electron chi connectivity index (χ2n) is 7.39. The molecule has 25 heavy (non-hydrogen) atoms. The number of amides is 1. The molecule has 1 atom stereocenters. The van der Waals surface area contributed by atoms with Gasteiger partial charge in [0.25, 0.3) is 0 Å². The fourth-order valence-corrected chi connectivity index (χ4v) is 2.53. The van der Waals surface area contributed by atoms with E-state index in [1.54, 1.807) is 7.11 Å². The topological polar surface area (TPSA) is 60.0 Å². The molecule has 0 radical (unpaired) electrons. The van der Waals surface area contributed by atoms with Crippen molar-refractivity contribution < 1.29 is 19.0 Å². The first-order chi connectivity index (χ1) is 11.8. The van der Waals surface area contributed by atoms with Crippen molar-refractivity contribution in [1.29, 1.82) is 0 Å². The predicted molar refractivity (Wildman–Crippen MR) is 102 cm³/mol. The molecule has 0 bridgehead atoms. The molecule has 0 saturated carbocycles. The highest BCUT2D eigenvalue weighted by molar-refractivity contribution is 5.67. The number of nitrogens with one attached hydrogen (secondary N) is 1. The summed E-state index contributed by atoms with van der Waals surface area (Å²) in [6.07, 6.45) is 5.36. The van der Waals surface area contributed by atoms with Gasteiger partial charge in [0.15, 0.2) is 0 Å². The van der Waals surface area contributed by atoms with Gasteiger partial charge in [-0.2, -0.15) is 0 Å². The molecule has 0 aromatic heterocycles. The van der Waals surface area contributed by atoms with Gasteiger partial charge < -0.3 is 19.5 Å². The molecule has 0 unspecified atom stereocenters. The van der Waals surface area contributed by atoms with Crippen LogP contribution in [0, 0.1) is 0 Å². The summed E-state index contributed by atoms with van der Waals surface area (Å²) in [6, 6.07) is 0.349. The summed E-state index contributed by atoms with van der Waals surface area (Å²) in [5, 5.41) is 2.86. The van der Waals surface area contributed by atoms with E-state index >= 15 is 0 Å². The number of carbonyl (C=O) groups is 1. The first kappa shape index (κ1) is 24.1. The van der Waals surface area contributed by atoms with Crippen LogP contribution in [0.5, 0.6) is 0 Å². The molecule has 150 valence electrons. The predicted octanol–water partition coefficient (Wildman–Crippen LogP) is 3.79. The van der Waals surface area contributed by atoms with Gasteiger partial charge in [-0.05, 0) is 40.2 Å². The molecule has 0 rings (SSSR count). The maximum atomic E-state index is 11.8. The smallest absolute Gasteiger partial charge is 0.407 e. The van der Waals surface area contributed by atoms with Crippen LogP contribution in [0.3, 0.4) is 0 Å². The second kappa shape index (κ2) is 14.3. The molecule has 6 heteroatoms. The molecule has 0 spiro atoms. The molecule has 0 aliphatic heterocycles. The fraction of sp³-hybridized carbons (Fsp3) is 0.947. The number of ether oxygens (including phenoxy) is 3. The Morgan fingerprint density at radius 2 is 1.80 bits per heavy atom. The zero-order chi connectivity index (χ0) is 19.1. The van der Waals surface area contributed by atoms with Crippen molar-refractivity contribution >= 4 is 6.09 Å². The monoisotopic (exact) mass is 360 g/mol. The van der Waals surface area contributed by atoms with E-state index in [0.717, 1.165) is 32.4 Å². The number of methoxy groups -OCH3 is 1. The number of carbonyl (C=O) groups excluding carboxylic acids is 1. The number of rotatable bonds is 14. The maximum Gasteiger partial charge on any atom is 0.407 e. The van der Waals surface area contributed by atoms with Gasteiger partial charge in [-0.25, -0.2) is 4.79 Å². The summed E-state index contributed by atoms with van der Waals surface area (Å²) in [5.41, 5.74) is -0.469. The molecule has 0 aromatic carbocycles. The van der Waals surface area contributed by atoms with E-state index in [1.807, 2.05) is 20.8 Å². The fourth-order valence-electron chi connectivity index (χ4n) is 2.53. The zero-order valence-electron chi connectivity index (χ0n) is 17.2. The van der Waals surface area contributed by atoms with Crippen LogP contribution in [0.4, 0.5) is 4.79 Å². The number of nitrogens with zero attached hydrogens (tertiary/aromatic N) is 1. The molecule has 0 aliphatic carbocycles. The number of hydrogen-bond acceptors (Lipinski definition) is 5. The average Bonchev–Trinajstić information content (AvgIpc) is 2.52. The van der Waals surface area contributed by atoms with Gasteiger partial charge in [0.2, 0.25) is 0 Å². The van der Waals surface area contributed by atoms with Gasteiger partial charge in [0, 0.05) is 26.2 Å². The van der Waals surface area contributed by atoms with Crippen molar-refractivity contribution in [3.05, 3.63) is 0 Å². The SMILES string of the molecule is CCCC[C@@H](COCOC)N(CCCC)CCNC(=O)OC(C)(C)C. The van der Waals surface area contributed by atoms with Crippen molar-refractivity contribution in [2.45, 2.75) is 78.4 Å². The molecular weight excluding hydrogens is 320 g/mol. The van der Waals surface area contributed by atoms with E-state index in [1.165, 1.54) is 12.8 Å². The summed E-state index contributed by atoms with van der Waals surface area (Å²) in [4.78, 5) is 14.2. The second-order valence-corrected chi connectivity index (χ2v) is 7.39. The van der Waals surface area contributed by atoms with Gasteiger partial charge in [0.1, 0.15) is 12.4 Å². The van der Waals surface area contributed by atoms with Crippen molar-refractivity contribution in [2.24, 2.45) is 0 Å². The summed E-state index contributed by atoms with van der Waals surface area (Å²) in [5.74, 6) is 0. The quantitative estimate of drug-likeness (QED) is 0.377. The lowest BCUT2D eigenvalue weighted by atomic mass is 10.1. The van der Waals surface area contributed by atoms with E-state index in [0.29, 0.717) is 26.0 Å². The van der Waals surface area contributed by atoms with E-state index in [9.17, 15) is 4.79 Å². The Balaban J connectivity index is 4.54. The average molecular weight is 361 g/mol. The van der Waals surface area contributed by atoms with Crippen LogP contribution in [0.1, 0.15) is 66.7 Å². The Hall–Kier alpha value is -0.850. The first-order valence-corrected chi connectivity index (χ1v) is 9.61. The van der Waals surface area contributed by atoms with E-state index in [4.69, 9.17) is 14.2 Å². The molecule has 0 aliphatic rings. The molecule has 0 aromatic rings. The van der Waals surface area contributed by atoms with Crippen LogP contribution >= 0.6 is 0 Å². The summed E-state index contributed by atoms with van der Waals surface area (Å²) in [6.45, 7) is 13.4. The highest BCUT2D eigenvalue weighted by Gasteiger charge is 2.19. The summed E-state index contributed by atoms with van der Waals surface area (Å²) < 4.78 is 15.9.